The Kier molecular flexibility index (Phi) is 10.3. The molecule has 6 heteroatoms. The van der Waals surface area contributed by atoms with Crippen molar-refractivity contribution in [1.29, 1.82) is 0 Å². The lowest BCUT2D eigenvalue weighted by Gasteiger charge is -2.10. The van der Waals surface area contributed by atoms with E-state index in [1.54, 1.807) is 32.2 Å². The molecular weight excluding hydrogens is 381 g/mol. The number of guanidine groups is 1. The van der Waals surface area contributed by atoms with Crippen LogP contribution in [0, 0.1) is 0 Å². The van der Waals surface area contributed by atoms with Gasteiger partial charge in [-0.15, -0.1) is 30.6 Å². The average Bonchev–Trinajstić information content (AvgIpc) is 2.48. The zero-order valence-electron chi connectivity index (χ0n) is 12.4. The van der Waals surface area contributed by atoms with Gasteiger partial charge in [-0.25, -0.2) is 4.79 Å². The molecule has 0 saturated carbocycles. The summed E-state index contributed by atoms with van der Waals surface area (Å²) in [5.74, 6) is 0.412. The number of nitrogens with zero attached hydrogens (tertiary/aromatic N) is 1. The SMILES string of the molecule is C=CCNC(=NC)NCc1ccc(C(=O)OCC)cc1.I. The van der Waals surface area contributed by atoms with Crippen LogP contribution in [0.1, 0.15) is 22.8 Å². The van der Waals surface area contributed by atoms with E-state index in [-0.39, 0.29) is 29.9 Å². The first-order valence-electron chi connectivity index (χ1n) is 6.52. The molecule has 2 N–H and O–H groups in total. The van der Waals surface area contributed by atoms with Gasteiger partial charge in [-0.1, -0.05) is 18.2 Å². The quantitative estimate of drug-likeness (QED) is 0.252. The van der Waals surface area contributed by atoms with Gasteiger partial charge in [0, 0.05) is 20.1 Å². The second kappa shape index (κ2) is 11.1. The molecule has 5 nitrogen and oxygen atoms in total. The van der Waals surface area contributed by atoms with E-state index in [4.69, 9.17) is 4.74 Å². The Balaban J connectivity index is 0.00000400. The van der Waals surface area contributed by atoms with E-state index >= 15 is 0 Å². The van der Waals surface area contributed by atoms with Crippen LogP contribution in [0.5, 0.6) is 0 Å². The molecule has 1 rings (SSSR count). The van der Waals surface area contributed by atoms with E-state index in [0.717, 1.165) is 5.56 Å². The van der Waals surface area contributed by atoms with Gasteiger partial charge in [0.25, 0.3) is 0 Å². The topological polar surface area (TPSA) is 62.7 Å². The van der Waals surface area contributed by atoms with Gasteiger partial charge in [-0.2, -0.15) is 0 Å². The van der Waals surface area contributed by atoms with Gasteiger partial charge >= 0.3 is 5.97 Å². The number of hydrogen-bond donors (Lipinski definition) is 2. The van der Waals surface area contributed by atoms with Crippen LogP contribution in [0.25, 0.3) is 0 Å². The van der Waals surface area contributed by atoms with Crippen LogP contribution in [-0.4, -0.2) is 32.1 Å². The molecule has 0 unspecified atom stereocenters. The van der Waals surface area contributed by atoms with Crippen LogP contribution >= 0.6 is 24.0 Å². The Bertz CT molecular complexity index is 472. The molecular formula is C15H22IN3O2. The number of aliphatic imine (C=N–C) groups is 1. The van der Waals surface area contributed by atoms with E-state index in [0.29, 0.717) is 31.2 Å². The molecule has 1 aromatic carbocycles. The number of carbonyl (C=O) groups excluding carboxylic acids is 1. The van der Waals surface area contributed by atoms with E-state index in [2.05, 4.69) is 22.2 Å². The minimum atomic E-state index is -0.296. The van der Waals surface area contributed by atoms with Crippen LogP contribution in [0.4, 0.5) is 0 Å². The smallest absolute Gasteiger partial charge is 0.338 e. The predicted molar refractivity (Wildman–Crippen MR) is 96.2 cm³/mol. The zero-order valence-corrected chi connectivity index (χ0v) is 14.7. The van der Waals surface area contributed by atoms with Gasteiger partial charge in [0.2, 0.25) is 0 Å². The fourth-order valence-electron chi connectivity index (χ4n) is 1.55. The van der Waals surface area contributed by atoms with E-state index in [1.165, 1.54) is 0 Å². The third-order valence-electron chi connectivity index (χ3n) is 2.56. The van der Waals surface area contributed by atoms with Crippen LogP contribution in [0.3, 0.4) is 0 Å². The largest absolute Gasteiger partial charge is 0.462 e. The number of nitrogens with one attached hydrogen (secondary N) is 2. The molecule has 0 radical (unpaired) electrons. The Hall–Kier alpha value is -1.57. The van der Waals surface area contributed by atoms with Crippen LogP contribution in [0.15, 0.2) is 41.9 Å². The van der Waals surface area contributed by atoms with Gasteiger partial charge in [0.1, 0.15) is 0 Å². The number of rotatable bonds is 6. The molecule has 0 aliphatic rings. The number of carbonyl (C=O) groups is 1. The third-order valence-corrected chi connectivity index (χ3v) is 2.56. The average molecular weight is 403 g/mol. The van der Waals surface area contributed by atoms with Crippen molar-refractivity contribution < 1.29 is 9.53 Å². The van der Waals surface area contributed by atoms with E-state index < -0.39 is 0 Å². The highest BCUT2D eigenvalue weighted by molar-refractivity contribution is 14.0. The van der Waals surface area contributed by atoms with Crippen LogP contribution < -0.4 is 10.6 Å². The van der Waals surface area contributed by atoms with Crippen molar-refractivity contribution in [1.82, 2.24) is 10.6 Å². The summed E-state index contributed by atoms with van der Waals surface area (Å²) in [6.45, 7) is 7.09. The second-order valence-electron chi connectivity index (χ2n) is 4.01. The maximum absolute atomic E-state index is 11.5. The summed E-state index contributed by atoms with van der Waals surface area (Å²) in [5, 5.41) is 6.25. The third kappa shape index (κ3) is 7.12. The van der Waals surface area contributed by atoms with Gasteiger partial charge in [-0.05, 0) is 24.6 Å². The predicted octanol–water partition coefficient (Wildman–Crippen LogP) is 2.33. The van der Waals surface area contributed by atoms with Gasteiger partial charge in [-0.3, -0.25) is 4.99 Å². The van der Waals surface area contributed by atoms with E-state index in [1.807, 2.05) is 12.1 Å². The Labute approximate surface area is 142 Å². The first-order valence-corrected chi connectivity index (χ1v) is 6.52. The summed E-state index contributed by atoms with van der Waals surface area (Å²) in [4.78, 5) is 15.6. The van der Waals surface area contributed by atoms with Crippen LogP contribution in [0.2, 0.25) is 0 Å². The molecule has 0 aromatic heterocycles. The monoisotopic (exact) mass is 403 g/mol. The van der Waals surface area contributed by atoms with Crippen molar-refractivity contribution in [3.63, 3.8) is 0 Å². The molecule has 0 aliphatic carbocycles. The summed E-state index contributed by atoms with van der Waals surface area (Å²) < 4.78 is 4.93. The standard InChI is InChI=1S/C15H21N3O2.HI/c1-4-10-17-15(16-3)18-11-12-6-8-13(9-7-12)14(19)20-5-2;/h4,6-9H,1,5,10-11H2,2-3H3,(H2,16,17,18);1H. The summed E-state index contributed by atoms with van der Waals surface area (Å²) in [6, 6.07) is 7.30. The minimum absolute atomic E-state index is 0. The van der Waals surface area contributed by atoms with Crippen molar-refractivity contribution in [2.75, 3.05) is 20.2 Å². The van der Waals surface area contributed by atoms with Gasteiger partial charge in [0.15, 0.2) is 5.96 Å². The molecule has 0 atom stereocenters. The minimum Gasteiger partial charge on any atom is -0.462 e. The van der Waals surface area contributed by atoms with Crippen molar-refractivity contribution in [2.24, 2.45) is 4.99 Å². The highest BCUT2D eigenvalue weighted by Gasteiger charge is 2.05. The van der Waals surface area contributed by atoms with Crippen molar-refractivity contribution in [3.8, 4) is 0 Å². The van der Waals surface area contributed by atoms with Gasteiger partial charge < -0.3 is 15.4 Å². The van der Waals surface area contributed by atoms with Crippen molar-refractivity contribution in [3.05, 3.63) is 48.0 Å². The zero-order chi connectivity index (χ0) is 14.8. The number of hydrogen-bond acceptors (Lipinski definition) is 3. The van der Waals surface area contributed by atoms with Crippen LogP contribution in [-0.2, 0) is 11.3 Å². The Morgan fingerprint density at radius 1 is 1.33 bits per heavy atom. The lowest BCUT2D eigenvalue weighted by molar-refractivity contribution is 0.0526. The Morgan fingerprint density at radius 2 is 2.00 bits per heavy atom. The molecule has 0 spiro atoms. The molecule has 0 bridgehead atoms. The number of esters is 1. The number of benzene rings is 1. The fourth-order valence-corrected chi connectivity index (χ4v) is 1.55. The summed E-state index contributed by atoms with van der Waals surface area (Å²) in [5.41, 5.74) is 1.62. The molecule has 0 heterocycles. The lowest BCUT2D eigenvalue weighted by Crippen LogP contribution is -2.36. The highest BCUT2D eigenvalue weighted by atomic mass is 127. The number of halogens is 1. The molecule has 0 aliphatic heterocycles. The fraction of sp³-hybridized carbons (Fsp3) is 0.333. The van der Waals surface area contributed by atoms with Crippen molar-refractivity contribution >= 4 is 35.9 Å². The maximum Gasteiger partial charge on any atom is 0.338 e. The molecule has 116 valence electrons. The van der Waals surface area contributed by atoms with E-state index in [9.17, 15) is 4.79 Å². The van der Waals surface area contributed by atoms with Crippen molar-refractivity contribution in [2.45, 2.75) is 13.5 Å². The summed E-state index contributed by atoms with van der Waals surface area (Å²) in [7, 11) is 1.71. The Morgan fingerprint density at radius 3 is 2.52 bits per heavy atom. The normalized spacial score (nSPS) is 10.3. The lowest BCUT2D eigenvalue weighted by atomic mass is 10.1. The first-order chi connectivity index (χ1) is 9.71. The summed E-state index contributed by atoms with van der Waals surface area (Å²) in [6.07, 6.45) is 1.76. The second-order valence-corrected chi connectivity index (χ2v) is 4.01. The highest BCUT2D eigenvalue weighted by Crippen LogP contribution is 2.05. The molecule has 0 amide bonds. The maximum atomic E-state index is 11.5. The van der Waals surface area contributed by atoms with Gasteiger partial charge in [0.05, 0.1) is 12.2 Å². The first kappa shape index (κ1) is 19.4. The molecule has 21 heavy (non-hydrogen) atoms. The summed E-state index contributed by atoms with van der Waals surface area (Å²) >= 11 is 0. The molecule has 0 saturated heterocycles. The molecule has 0 fully saturated rings. The number of ether oxygens (including phenoxy) is 1. The molecule has 1 aromatic rings.